The smallest absolute Gasteiger partial charge is 0.244 e. The van der Waals surface area contributed by atoms with Gasteiger partial charge in [-0.2, -0.15) is 0 Å². The molecule has 7 heteroatoms. The number of anilines is 1. The molecule has 0 radical (unpaired) electrons. The van der Waals surface area contributed by atoms with Crippen LogP contribution in [-0.4, -0.2) is 34.5 Å². The summed E-state index contributed by atoms with van der Waals surface area (Å²) in [6, 6.07) is 12.7. The molecule has 0 saturated heterocycles. The first kappa shape index (κ1) is 17.7. The second-order valence-corrected chi connectivity index (χ2v) is 6.92. The second-order valence-electron chi connectivity index (χ2n) is 6.05. The molecule has 0 saturated carbocycles. The number of carbonyl (C=O) groups excluding carboxylic acids is 1. The topological polar surface area (TPSA) is 50.2 Å². The summed E-state index contributed by atoms with van der Waals surface area (Å²) in [6.07, 6.45) is 0. The third-order valence-electron chi connectivity index (χ3n) is 3.64. The fourth-order valence-electron chi connectivity index (χ4n) is 2.68. The van der Waals surface area contributed by atoms with Crippen LogP contribution in [0.25, 0.3) is 11.0 Å². The number of benzene rings is 2. The summed E-state index contributed by atoms with van der Waals surface area (Å²) in [5.41, 5.74) is 2.37. The lowest BCUT2D eigenvalue weighted by Gasteiger charge is -2.13. The summed E-state index contributed by atoms with van der Waals surface area (Å²) >= 11 is 12.0. The van der Waals surface area contributed by atoms with Crippen LogP contribution in [0, 0.1) is 0 Å². The Morgan fingerprint density at radius 2 is 1.84 bits per heavy atom. The Kier molecular flexibility index (Phi) is 5.27. The fraction of sp³-hybridized carbons (Fsp3) is 0.222. The molecule has 2 aromatic carbocycles. The zero-order valence-electron chi connectivity index (χ0n) is 14.0. The summed E-state index contributed by atoms with van der Waals surface area (Å²) < 4.78 is 1.93. The maximum atomic E-state index is 12.5. The Bertz CT molecular complexity index is 900. The molecule has 1 amide bonds. The predicted molar refractivity (Wildman–Crippen MR) is 102 cm³/mol. The molecular formula is C18H18Cl2N4O. The van der Waals surface area contributed by atoms with Gasteiger partial charge in [-0.05, 0) is 44.4 Å². The predicted octanol–water partition coefficient (Wildman–Crippen LogP) is 4.04. The number of imidazole rings is 1. The Labute approximate surface area is 156 Å². The highest BCUT2D eigenvalue weighted by Gasteiger charge is 2.14. The zero-order chi connectivity index (χ0) is 18.0. The molecule has 25 heavy (non-hydrogen) atoms. The third kappa shape index (κ3) is 4.31. The van der Waals surface area contributed by atoms with E-state index in [1.54, 1.807) is 18.2 Å². The van der Waals surface area contributed by atoms with Gasteiger partial charge in [-0.3, -0.25) is 4.79 Å². The number of nitrogens with one attached hydrogen (secondary N) is 1. The van der Waals surface area contributed by atoms with Gasteiger partial charge in [0.25, 0.3) is 0 Å². The van der Waals surface area contributed by atoms with Crippen molar-refractivity contribution in [3.05, 3.63) is 58.3 Å². The molecule has 0 aliphatic heterocycles. The van der Waals surface area contributed by atoms with Crippen LogP contribution in [0.5, 0.6) is 0 Å². The number of hydrogen-bond donors (Lipinski definition) is 1. The van der Waals surface area contributed by atoms with E-state index in [-0.39, 0.29) is 12.5 Å². The van der Waals surface area contributed by atoms with Gasteiger partial charge < -0.3 is 14.8 Å². The molecule has 1 N–H and O–H groups in total. The van der Waals surface area contributed by atoms with Gasteiger partial charge in [0.2, 0.25) is 5.91 Å². The molecule has 0 fully saturated rings. The van der Waals surface area contributed by atoms with E-state index in [2.05, 4.69) is 10.3 Å². The fourth-order valence-corrected chi connectivity index (χ4v) is 3.20. The van der Waals surface area contributed by atoms with Crippen molar-refractivity contribution >= 4 is 45.8 Å². The Balaban J connectivity index is 1.87. The van der Waals surface area contributed by atoms with Crippen molar-refractivity contribution in [3.63, 3.8) is 0 Å². The SMILES string of the molecule is CN(C)Cc1nc2ccccc2n1CC(=O)Nc1cc(Cl)cc(Cl)c1. The van der Waals surface area contributed by atoms with Crippen LogP contribution < -0.4 is 5.32 Å². The van der Waals surface area contributed by atoms with Gasteiger partial charge in [-0.1, -0.05) is 35.3 Å². The van der Waals surface area contributed by atoms with Crippen molar-refractivity contribution in [3.8, 4) is 0 Å². The molecule has 0 spiro atoms. The minimum atomic E-state index is -0.165. The zero-order valence-corrected chi connectivity index (χ0v) is 15.5. The largest absolute Gasteiger partial charge is 0.324 e. The summed E-state index contributed by atoms with van der Waals surface area (Å²) in [5, 5.41) is 3.79. The average Bonchev–Trinajstić information content (AvgIpc) is 2.83. The van der Waals surface area contributed by atoms with Crippen LogP contribution in [0.1, 0.15) is 5.82 Å². The summed E-state index contributed by atoms with van der Waals surface area (Å²) in [7, 11) is 3.94. The molecular weight excluding hydrogens is 359 g/mol. The van der Waals surface area contributed by atoms with E-state index in [9.17, 15) is 4.79 Å². The number of nitrogens with zero attached hydrogens (tertiary/aromatic N) is 3. The number of rotatable bonds is 5. The molecule has 0 atom stereocenters. The average molecular weight is 377 g/mol. The van der Waals surface area contributed by atoms with E-state index in [1.165, 1.54) is 0 Å². The second kappa shape index (κ2) is 7.44. The monoisotopic (exact) mass is 376 g/mol. The van der Waals surface area contributed by atoms with E-state index in [4.69, 9.17) is 23.2 Å². The Morgan fingerprint density at radius 1 is 1.16 bits per heavy atom. The van der Waals surface area contributed by atoms with Crippen molar-refractivity contribution in [1.82, 2.24) is 14.5 Å². The van der Waals surface area contributed by atoms with Crippen LogP contribution in [-0.2, 0) is 17.9 Å². The van der Waals surface area contributed by atoms with Crippen molar-refractivity contribution in [1.29, 1.82) is 0 Å². The highest BCUT2D eigenvalue weighted by atomic mass is 35.5. The number of halogens is 2. The van der Waals surface area contributed by atoms with Gasteiger partial charge in [0.05, 0.1) is 17.6 Å². The number of carbonyl (C=O) groups is 1. The quantitative estimate of drug-likeness (QED) is 0.730. The molecule has 1 aromatic heterocycles. The van der Waals surface area contributed by atoms with Gasteiger partial charge in [0, 0.05) is 15.7 Å². The molecule has 0 unspecified atom stereocenters. The molecule has 0 aliphatic rings. The van der Waals surface area contributed by atoms with E-state index in [0.717, 1.165) is 16.9 Å². The van der Waals surface area contributed by atoms with Crippen molar-refractivity contribution < 1.29 is 4.79 Å². The van der Waals surface area contributed by atoms with Crippen molar-refractivity contribution in [2.75, 3.05) is 19.4 Å². The van der Waals surface area contributed by atoms with Gasteiger partial charge in [-0.15, -0.1) is 0 Å². The molecule has 5 nitrogen and oxygen atoms in total. The van der Waals surface area contributed by atoms with E-state index < -0.39 is 0 Å². The van der Waals surface area contributed by atoms with E-state index >= 15 is 0 Å². The molecule has 1 heterocycles. The lowest BCUT2D eigenvalue weighted by molar-refractivity contribution is -0.116. The molecule has 3 rings (SSSR count). The Morgan fingerprint density at radius 3 is 2.52 bits per heavy atom. The standard InChI is InChI=1S/C18H18Cl2N4O/c1-23(2)10-17-22-15-5-3-4-6-16(15)24(17)11-18(25)21-14-8-12(19)7-13(20)9-14/h3-9H,10-11H2,1-2H3,(H,21,25). The normalized spacial score (nSPS) is 11.2. The van der Waals surface area contributed by atoms with Crippen LogP contribution in [0.2, 0.25) is 10.0 Å². The van der Waals surface area contributed by atoms with E-state index in [0.29, 0.717) is 22.3 Å². The number of hydrogen-bond acceptors (Lipinski definition) is 3. The highest BCUT2D eigenvalue weighted by Crippen LogP contribution is 2.23. The third-order valence-corrected chi connectivity index (χ3v) is 4.08. The van der Waals surface area contributed by atoms with Gasteiger partial charge in [-0.25, -0.2) is 4.98 Å². The number of fused-ring (bicyclic) bond motifs is 1. The minimum Gasteiger partial charge on any atom is -0.324 e. The first-order valence-corrected chi connectivity index (χ1v) is 8.53. The van der Waals surface area contributed by atoms with Crippen LogP contribution in [0.4, 0.5) is 5.69 Å². The van der Waals surface area contributed by atoms with Crippen LogP contribution >= 0.6 is 23.2 Å². The first-order chi connectivity index (χ1) is 11.9. The minimum absolute atomic E-state index is 0.161. The van der Waals surface area contributed by atoms with Gasteiger partial charge in [0.1, 0.15) is 12.4 Å². The number of para-hydroxylation sites is 2. The van der Waals surface area contributed by atoms with Crippen LogP contribution in [0.3, 0.4) is 0 Å². The van der Waals surface area contributed by atoms with E-state index in [1.807, 2.05) is 47.8 Å². The van der Waals surface area contributed by atoms with Crippen LogP contribution in [0.15, 0.2) is 42.5 Å². The lowest BCUT2D eigenvalue weighted by atomic mass is 10.3. The molecule has 130 valence electrons. The first-order valence-electron chi connectivity index (χ1n) is 7.77. The summed E-state index contributed by atoms with van der Waals surface area (Å²) in [4.78, 5) is 19.2. The highest BCUT2D eigenvalue weighted by molar-refractivity contribution is 6.35. The molecule has 0 bridgehead atoms. The maximum absolute atomic E-state index is 12.5. The molecule has 0 aliphatic carbocycles. The number of aromatic nitrogens is 2. The van der Waals surface area contributed by atoms with Gasteiger partial charge >= 0.3 is 0 Å². The number of amides is 1. The summed E-state index contributed by atoms with van der Waals surface area (Å²) in [5.74, 6) is 0.673. The maximum Gasteiger partial charge on any atom is 0.244 e. The van der Waals surface area contributed by atoms with Crippen molar-refractivity contribution in [2.24, 2.45) is 0 Å². The molecule has 3 aromatic rings. The van der Waals surface area contributed by atoms with Crippen molar-refractivity contribution in [2.45, 2.75) is 13.1 Å². The Hall–Kier alpha value is -2.08. The lowest BCUT2D eigenvalue weighted by Crippen LogP contribution is -2.22. The summed E-state index contributed by atoms with van der Waals surface area (Å²) in [6.45, 7) is 0.804. The van der Waals surface area contributed by atoms with Gasteiger partial charge in [0.15, 0.2) is 0 Å².